The molecule has 0 aliphatic carbocycles. The van der Waals surface area contributed by atoms with Crippen molar-refractivity contribution in [2.45, 2.75) is 209 Å². The fourth-order valence-electron chi connectivity index (χ4n) is 14.9. The van der Waals surface area contributed by atoms with E-state index in [0.29, 0.717) is 5.69 Å². The summed E-state index contributed by atoms with van der Waals surface area (Å²) in [6, 6.07) is 61.0. The Kier molecular flexibility index (Phi) is 14.4. The van der Waals surface area contributed by atoms with Gasteiger partial charge in [0.25, 0.3) is 6.71 Å². The summed E-state index contributed by atoms with van der Waals surface area (Å²) in [6.45, 7) is 54.2. The Balaban J connectivity index is 1.15. The molecule has 3 heterocycles. The van der Waals surface area contributed by atoms with Gasteiger partial charge in [-0.15, -0.1) is 0 Å². The minimum atomic E-state index is -0.494. The summed E-state index contributed by atoms with van der Waals surface area (Å²) < 4.78 is 78.4. The predicted octanol–water partition coefficient (Wildman–Crippen LogP) is 25.9. The highest BCUT2D eigenvalue weighted by Gasteiger charge is 2.45. The highest BCUT2D eigenvalue weighted by Crippen LogP contribution is 2.50. The summed E-state index contributed by atoms with van der Waals surface area (Å²) in [6.07, 6.45) is 0. The molecule has 2 aliphatic rings. The monoisotopic (exact) mass is 1350 g/mol. The van der Waals surface area contributed by atoms with Crippen molar-refractivity contribution in [3.8, 4) is 50.2 Å². The Morgan fingerprint density at radius 1 is 0.245 bits per heavy atom. The highest BCUT2D eigenvalue weighted by atomic mass is 15.2. The summed E-state index contributed by atoms with van der Waals surface area (Å²) in [4.78, 5) is 4.76. The zero-order valence-corrected chi connectivity index (χ0v) is 65.1. The van der Waals surface area contributed by atoms with E-state index in [1.54, 1.807) is 4.57 Å². The Morgan fingerprint density at radius 2 is 0.500 bits per heavy atom. The molecular weight excluding hydrogens is 1230 g/mol. The van der Waals surface area contributed by atoms with Crippen molar-refractivity contribution in [1.82, 2.24) is 4.57 Å². The molecule has 0 fully saturated rings. The summed E-state index contributed by atoms with van der Waals surface area (Å²) in [5.74, 6) is 0. The molecule has 12 aromatic rings. The van der Waals surface area contributed by atoms with Gasteiger partial charge in [-0.1, -0.05) is 324 Å². The van der Waals surface area contributed by atoms with E-state index in [4.69, 9.17) is 0 Å². The van der Waals surface area contributed by atoms with Gasteiger partial charge in [-0.2, -0.15) is 0 Å². The normalized spacial score (nSPS) is 14.9. The van der Waals surface area contributed by atoms with Crippen LogP contribution in [0.2, 0.25) is 0 Å². The molecule has 11 aromatic carbocycles. The van der Waals surface area contributed by atoms with Gasteiger partial charge in [0, 0.05) is 44.9 Å². The number of fused-ring (bicyclic) bond motifs is 7. The Hall–Kier alpha value is -9.12. The average Bonchev–Trinajstić information content (AvgIpc) is 1.16. The molecule has 0 amide bonds. The zero-order valence-electron chi connectivity index (χ0n) is 73.1. The molecule has 0 atom stereocenters. The lowest BCUT2D eigenvalue weighted by Gasteiger charge is -2.45. The van der Waals surface area contributed by atoms with E-state index in [9.17, 15) is 11.0 Å². The summed E-state index contributed by atoms with van der Waals surface area (Å²) >= 11 is 0. The maximum atomic E-state index is 10.0. The van der Waals surface area contributed by atoms with Crippen LogP contribution in [0.25, 0.3) is 72.0 Å². The van der Waals surface area contributed by atoms with Crippen LogP contribution in [0.1, 0.15) is 222 Å². The molecule has 518 valence electrons. The predicted molar refractivity (Wildman–Crippen MR) is 446 cm³/mol. The Bertz CT molecular complexity index is 5310. The first-order chi connectivity index (χ1) is 50.9. The van der Waals surface area contributed by atoms with Crippen molar-refractivity contribution in [3.05, 3.63) is 263 Å². The second-order valence-corrected chi connectivity index (χ2v) is 37.6. The van der Waals surface area contributed by atoms with Gasteiger partial charge in [0.2, 0.25) is 0 Å². The maximum absolute atomic E-state index is 10.0. The van der Waals surface area contributed by atoms with Gasteiger partial charge < -0.3 is 14.4 Å². The number of nitrogens with zero attached hydrogens (tertiary/aromatic N) is 3. The SMILES string of the molecule is [2H]c1c([2H])c([2H])c2c(c1[2H])c1c([2H])c([2H])c([2H])c([2H])c1n2-c1cc2c3c(c1)N(c1ccc(-c4cc(C(C)(C)C)cc(C(C)(C)C)c4)cc1)c1cc(-c4cc(C(C)(C)C)cc(C(C)(C)C)c4)ccc1B3c1ccc(-c3cc(C(C)(C)C)cc(C(C)(C)C)c3)cc1N2c1ccc(-c2cc(C(C)(C)C)cc(C(C)(C)C)c2)cc1. The van der Waals surface area contributed by atoms with Gasteiger partial charge in [0.15, 0.2) is 0 Å². The molecule has 102 heavy (non-hydrogen) atoms. The number of hydrogen-bond acceptors (Lipinski definition) is 2. The van der Waals surface area contributed by atoms with E-state index in [1.165, 1.54) is 44.5 Å². The molecular formula is C98H108BN3. The molecule has 0 unspecified atom stereocenters. The van der Waals surface area contributed by atoms with Crippen molar-refractivity contribution < 1.29 is 11.0 Å². The van der Waals surface area contributed by atoms with Crippen molar-refractivity contribution in [2.24, 2.45) is 0 Å². The van der Waals surface area contributed by atoms with Gasteiger partial charge in [-0.05, 0) is 209 Å². The van der Waals surface area contributed by atoms with Crippen LogP contribution in [0.15, 0.2) is 218 Å². The van der Waals surface area contributed by atoms with Crippen LogP contribution in [-0.4, -0.2) is 11.3 Å². The number of anilines is 6. The first kappa shape index (κ1) is 60.5. The largest absolute Gasteiger partial charge is 0.311 e. The molecule has 0 spiro atoms. The van der Waals surface area contributed by atoms with Crippen LogP contribution in [0.4, 0.5) is 34.1 Å². The smallest absolute Gasteiger partial charge is 0.252 e. The molecule has 0 saturated carbocycles. The summed E-state index contributed by atoms with van der Waals surface area (Å²) in [7, 11) is 0. The van der Waals surface area contributed by atoms with Gasteiger partial charge >= 0.3 is 0 Å². The number of rotatable bonds is 7. The first-order valence-corrected chi connectivity index (χ1v) is 36.8. The minimum Gasteiger partial charge on any atom is -0.311 e. The topological polar surface area (TPSA) is 11.4 Å². The quantitative estimate of drug-likeness (QED) is 0.147. The van der Waals surface area contributed by atoms with Crippen LogP contribution in [0, 0.1) is 0 Å². The lowest BCUT2D eigenvalue weighted by molar-refractivity contribution is 0.568. The third-order valence-corrected chi connectivity index (χ3v) is 21.6. The third-order valence-electron chi connectivity index (χ3n) is 21.6. The van der Waals surface area contributed by atoms with Gasteiger partial charge in [-0.25, -0.2) is 0 Å². The molecule has 4 heteroatoms. The van der Waals surface area contributed by atoms with Crippen molar-refractivity contribution in [1.29, 1.82) is 0 Å². The minimum absolute atomic E-state index is 0.0154. The van der Waals surface area contributed by atoms with Crippen LogP contribution in [0.5, 0.6) is 0 Å². The van der Waals surface area contributed by atoms with Gasteiger partial charge in [0.05, 0.1) is 27.7 Å². The molecule has 0 N–H and O–H groups in total. The standard InChI is InChI=1S/C98H108BN3/c1-91(2,3)69-45-65(46-70(55-69)92(4,5)6)61-33-39-77(40-34-61)100-86-53-63(67-49-73(95(13,14)15)57-74(50-67)96(16,17)18)37-43-82(86)99-83-44-38-64(68-51-75(97(19,20)21)58-76(52-68)98(22,23)24)54-87(83)101(78-41-35-62(36-42-78)66-47-71(93(7,8)9)56-72(48-66)94(10,11)12)89-60-79(59-88(100)90(89)99)102-84-31-27-25-29-80(84)81-30-26-28-32-85(81)102/h25-60H,1-24H3/i25D,26D,27D,28D,29D,30D,31D,32D. The van der Waals surface area contributed by atoms with E-state index in [-0.39, 0.29) is 89.3 Å². The highest BCUT2D eigenvalue weighted by molar-refractivity contribution is 7.00. The molecule has 0 radical (unpaired) electrons. The Morgan fingerprint density at radius 3 is 0.775 bits per heavy atom. The van der Waals surface area contributed by atoms with E-state index in [2.05, 4.69) is 346 Å². The first-order valence-electron chi connectivity index (χ1n) is 40.8. The van der Waals surface area contributed by atoms with Crippen LogP contribution in [-0.2, 0) is 43.3 Å². The molecule has 0 saturated heterocycles. The van der Waals surface area contributed by atoms with E-state index < -0.39 is 30.9 Å². The number of hydrogen-bond donors (Lipinski definition) is 0. The second-order valence-electron chi connectivity index (χ2n) is 37.6. The lowest BCUT2D eigenvalue weighted by atomic mass is 9.33. The van der Waals surface area contributed by atoms with Crippen LogP contribution >= 0.6 is 0 Å². The second kappa shape index (κ2) is 24.3. The third kappa shape index (κ3) is 12.9. The van der Waals surface area contributed by atoms with E-state index >= 15 is 0 Å². The number of aromatic nitrogens is 1. The Labute approximate surface area is 623 Å². The molecule has 3 nitrogen and oxygen atoms in total. The average molecular weight is 1350 g/mol. The fraction of sp³-hybridized carbons (Fsp3) is 0.327. The zero-order chi connectivity index (χ0) is 80.0. The number of benzene rings is 11. The summed E-state index contributed by atoms with van der Waals surface area (Å²) in [5.41, 5.74) is 26.3. The molecule has 1 aromatic heterocycles. The summed E-state index contributed by atoms with van der Waals surface area (Å²) in [5, 5.41) is 0.0308. The molecule has 2 aliphatic heterocycles. The van der Waals surface area contributed by atoms with Gasteiger partial charge in [-0.3, -0.25) is 0 Å². The molecule has 14 rings (SSSR count). The maximum Gasteiger partial charge on any atom is 0.252 e. The number of para-hydroxylation sites is 2. The van der Waals surface area contributed by atoms with E-state index in [0.717, 1.165) is 95.0 Å². The lowest BCUT2D eigenvalue weighted by Crippen LogP contribution is -2.61. The van der Waals surface area contributed by atoms with Crippen molar-refractivity contribution in [2.75, 3.05) is 9.80 Å². The van der Waals surface area contributed by atoms with Crippen LogP contribution < -0.4 is 26.2 Å². The van der Waals surface area contributed by atoms with Crippen LogP contribution in [0.3, 0.4) is 0 Å². The van der Waals surface area contributed by atoms with Crippen molar-refractivity contribution >= 4 is 79.0 Å². The van der Waals surface area contributed by atoms with Gasteiger partial charge in [0.1, 0.15) is 0 Å². The van der Waals surface area contributed by atoms with E-state index in [1.807, 2.05) is 0 Å². The molecule has 0 bridgehead atoms. The van der Waals surface area contributed by atoms with Crippen molar-refractivity contribution in [3.63, 3.8) is 0 Å². The fourth-order valence-corrected chi connectivity index (χ4v) is 14.9.